The largest absolute Gasteiger partial charge is 0.390 e. The summed E-state index contributed by atoms with van der Waals surface area (Å²) in [5.74, 6) is 0. The number of nitrogens with zero attached hydrogens (tertiary/aromatic N) is 3. The Balaban J connectivity index is 2.65. The van der Waals surface area contributed by atoms with Crippen LogP contribution in [0.4, 0.5) is 0 Å². The van der Waals surface area contributed by atoms with Gasteiger partial charge in [-0.05, 0) is 6.42 Å². The van der Waals surface area contributed by atoms with E-state index in [-0.39, 0.29) is 12.0 Å². The molecule has 0 unspecified atom stereocenters. The number of rotatable bonds is 2. The van der Waals surface area contributed by atoms with Crippen molar-refractivity contribution in [2.24, 2.45) is 0 Å². The average Bonchev–Trinajstić information content (AvgIpc) is 2.71. The van der Waals surface area contributed by atoms with Crippen molar-refractivity contribution in [2.45, 2.75) is 46.1 Å². The van der Waals surface area contributed by atoms with Gasteiger partial charge in [0.1, 0.15) is 5.01 Å². The highest BCUT2D eigenvalue weighted by Crippen LogP contribution is 2.28. The number of aryl methyl sites for hydroxylation is 1. The number of aliphatic hydroxyl groups excluding tert-OH is 1. The highest BCUT2D eigenvalue weighted by Gasteiger charge is 2.25. The van der Waals surface area contributed by atoms with Gasteiger partial charge in [0.25, 0.3) is 0 Å². The number of hydrogen-bond acceptors (Lipinski definition) is 4. The Kier molecular flexibility index (Phi) is 2.75. The van der Waals surface area contributed by atoms with E-state index in [2.05, 4.69) is 37.8 Å². The fraction of sp³-hybridized carbons (Fsp3) is 0.636. The highest BCUT2D eigenvalue weighted by molar-refractivity contribution is 7.16. The van der Waals surface area contributed by atoms with E-state index in [9.17, 15) is 5.11 Å². The maximum Gasteiger partial charge on any atom is 0.212 e. The lowest BCUT2D eigenvalue weighted by Crippen LogP contribution is -2.15. The monoisotopic (exact) mass is 239 g/mol. The summed E-state index contributed by atoms with van der Waals surface area (Å²) in [5.41, 5.74) is 1.70. The summed E-state index contributed by atoms with van der Waals surface area (Å²) < 4.78 is 1.78. The molecule has 0 aromatic carbocycles. The number of aromatic nitrogens is 3. The summed E-state index contributed by atoms with van der Waals surface area (Å²) in [7, 11) is 0. The molecule has 5 heteroatoms. The topological polar surface area (TPSA) is 50.4 Å². The van der Waals surface area contributed by atoms with Crippen LogP contribution >= 0.6 is 11.3 Å². The molecule has 0 aliphatic carbocycles. The van der Waals surface area contributed by atoms with Crippen molar-refractivity contribution >= 4 is 16.3 Å². The zero-order chi connectivity index (χ0) is 11.9. The molecule has 1 N–H and O–H groups in total. The van der Waals surface area contributed by atoms with E-state index in [1.54, 1.807) is 15.9 Å². The van der Waals surface area contributed by atoms with Gasteiger partial charge in [0.2, 0.25) is 4.96 Å². The summed E-state index contributed by atoms with van der Waals surface area (Å²) >= 11 is 1.59. The second kappa shape index (κ2) is 3.82. The molecule has 0 radical (unpaired) electrons. The van der Waals surface area contributed by atoms with Gasteiger partial charge in [0.05, 0.1) is 18.0 Å². The Bertz CT molecular complexity index is 507. The van der Waals surface area contributed by atoms with Crippen LogP contribution in [-0.2, 0) is 18.4 Å². The van der Waals surface area contributed by atoms with Crippen molar-refractivity contribution in [2.75, 3.05) is 0 Å². The molecule has 0 aliphatic heterocycles. The van der Waals surface area contributed by atoms with E-state index < -0.39 is 0 Å². The van der Waals surface area contributed by atoms with Crippen LogP contribution in [0.25, 0.3) is 4.96 Å². The summed E-state index contributed by atoms with van der Waals surface area (Å²) in [5, 5.41) is 15.0. The van der Waals surface area contributed by atoms with Gasteiger partial charge in [-0.25, -0.2) is 9.50 Å². The predicted molar refractivity (Wildman–Crippen MR) is 64.9 cm³/mol. The van der Waals surface area contributed by atoms with Crippen LogP contribution in [0.1, 0.15) is 44.1 Å². The minimum absolute atomic E-state index is 0.0132. The van der Waals surface area contributed by atoms with Crippen LogP contribution in [0.2, 0.25) is 0 Å². The Hall–Kier alpha value is -0.940. The summed E-state index contributed by atoms with van der Waals surface area (Å²) in [4.78, 5) is 5.46. The van der Waals surface area contributed by atoms with E-state index >= 15 is 0 Å². The standard InChI is InChI=1S/C11H17N3OS/c1-5-8-13-14-7(6-15)9(11(2,3)4)12-10(14)16-8/h15H,5-6H2,1-4H3. The second-order valence-electron chi connectivity index (χ2n) is 4.86. The Labute approximate surface area is 98.9 Å². The number of aliphatic hydroxyl groups is 1. The molecule has 0 atom stereocenters. The van der Waals surface area contributed by atoms with E-state index in [4.69, 9.17) is 0 Å². The third-order valence-corrected chi connectivity index (χ3v) is 3.55. The van der Waals surface area contributed by atoms with Crippen LogP contribution in [0.5, 0.6) is 0 Å². The molecule has 16 heavy (non-hydrogen) atoms. The first-order chi connectivity index (χ1) is 7.47. The van der Waals surface area contributed by atoms with Crippen LogP contribution in [-0.4, -0.2) is 19.7 Å². The Morgan fingerprint density at radius 2 is 2.06 bits per heavy atom. The van der Waals surface area contributed by atoms with E-state index in [0.29, 0.717) is 0 Å². The van der Waals surface area contributed by atoms with Gasteiger partial charge in [0, 0.05) is 5.41 Å². The molecule has 4 nitrogen and oxygen atoms in total. The summed E-state index contributed by atoms with van der Waals surface area (Å²) in [6.07, 6.45) is 0.906. The van der Waals surface area contributed by atoms with Crippen molar-refractivity contribution in [3.05, 3.63) is 16.4 Å². The number of imidazole rings is 1. The fourth-order valence-corrected chi connectivity index (χ4v) is 2.57. The fourth-order valence-electron chi connectivity index (χ4n) is 1.72. The van der Waals surface area contributed by atoms with Crippen LogP contribution in [0.3, 0.4) is 0 Å². The molecule has 0 bridgehead atoms. The van der Waals surface area contributed by atoms with E-state index in [0.717, 1.165) is 27.8 Å². The third kappa shape index (κ3) is 1.74. The third-order valence-electron chi connectivity index (χ3n) is 2.50. The van der Waals surface area contributed by atoms with Gasteiger partial charge in [0.15, 0.2) is 0 Å². The first-order valence-corrected chi connectivity index (χ1v) is 6.27. The average molecular weight is 239 g/mol. The zero-order valence-electron chi connectivity index (χ0n) is 10.1. The Morgan fingerprint density at radius 3 is 2.56 bits per heavy atom. The molecule has 0 amide bonds. The van der Waals surface area contributed by atoms with Gasteiger partial charge in [-0.2, -0.15) is 5.10 Å². The van der Waals surface area contributed by atoms with E-state index in [1.165, 1.54) is 0 Å². The highest BCUT2D eigenvalue weighted by atomic mass is 32.1. The maximum absolute atomic E-state index is 9.45. The van der Waals surface area contributed by atoms with Crippen molar-refractivity contribution in [3.8, 4) is 0 Å². The second-order valence-corrected chi connectivity index (χ2v) is 5.90. The number of hydrogen-bond donors (Lipinski definition) is 1. The van der Waals surface area contributed by atoms with Crippen LogP contribution in [0.15, 0.2) is 0 Å². The Morgan fingerprint density at radius 1 is 1.38 bits per heavy atom. The summed E-state index contributed by atoms with van der Waals surface area (Å²) in [6, 6.07) is 0. The molecule has 0 spiro atoms. The predicted octanol–water partition coefficient (Wildman–Crippen LogP) is 2.14. The minimum Gasteiger partial charge on any atom is -0.390 e. The van der Waals surface area contributed by atoms with Crippen LogP contribution < -0.4 is 0 Å². The molecule has 2 rings (SSSR count). The van der Waals surface area contributed by atoms with Gasteiger partial charge in [-0.3, -0.25) is 0 Å². The van der Waals surface area contributed by atoms with Gasteiger partial charge < -0.3 is 5.11 Å². The van der Waals surface area contributed by atoms with Crippen molar-refractivity contribution in [1.29, 1.82) is 0 Å². The molecule has 0 saturated heterocycles. The smallest absolute Gasteiger partial charge is 0.212 e. The lowest BCUT2D eigenvalue weighted by Gasteiger charge is -2.16. The van der Waals surface area contributed by atoms with Crippen molar-refractivity contribution in [1.82, 2.24) is 14.6 Å². The van der Waals surface area contributed by atoms with Crippen molar-refractivity contribution in [3.63, 3.8) is 0 Å². The molecule has 2 heterocycles. The van der Waals surface area contributed by atoms with Gasteiger partial charge in [-0.1, -0.05) is 39.0 Å². The minimum atomic E-state index is -0.0577. The quantitative estimate of drug-likeness (QED) is 0.873. The molecule has 0 fully saturated rings. The van der Waals surface area contributed by atoms with E-state index in [1.807, 2.05) is 0 Å². The normalized spacial score (nSPS) is 12.6. The molecular weight excluding hydrogens is 222 g/mol. The van der Waals surface area contributed by atoms with Crippen molar-refractivity contribution < 1.29 is 5.11 Å². The lowest BCUT2D eigenvalue weighted by atomic mass is 9.91. The van der Waals surface area contributed by atoms with Crippen LogP contribution in [0, 0.1) is 0 Å². The lowest BCUT2D eigenvalue weighted by molar-refractivity contribution is 0.270. The molecule has 0 aliphatic rings. The molecule has 88 valence electrons. The SMILES string of the molecule is CCc1nn2c(CO)c(C(C)(C)C)nc2s1. The maximum atomic E-state index is 9.45. The molecule has 2 aromatic heterocycles. The molecular formula is C11H17N3OS. The summed E-state index contributed by atoms with van der Waals surface area (Å²) in [6.45, 7) is 8.35. The van der Waals surface area contributed by atoms with Gasteiger partial charge in [-0.15, -0.1) is 0 Å². The molecule has 0 saturated carbocycles. The first-order valence-electron chi connectivity index (χ1n) is 5.46. The van der Waals surface area contributed by atoms with Gasteiger partial charge >= 0.3 is 0 Å². The molecule has 2 aromatic rings. The zero-order valence-corrected chi connectivity index (χ0v) is 10.9. The first kappa shape index (κ1) is 11.5. The number of fused-ring (bicyclic) bond motifs is 1.